The predicted molar refractivity (Wildman–Crippen MR) is 161 cm³/mol. The van der Waals surface area contributed by atoms with E-state index < -0.39 is 37.1 Å². The summed E-state index contributed by atoms with van der Waals surface area (Å²) >= 11 is 0. The third kappa shape index (κ3) is 8.95. The van der Waals surface area contributed by atoms with E-state index in [2.05, 4.69) is 33.9 Å². The van der Waals surface area contributed by atoms with Crippen LogP contribution in [-0.2, 0) is 34.9 Å². The molecule has 1 saturated heterocycles. The number of nitrogen functional groups attached to an aromatic ring is 1. The summed E-state index contributed by atoms with van der Waals surface area (Å²) in [4.78, 5) is 38.7. The maximum atomic E-state index is 14.8. The van der Waals surface area contributed by atoms with Crippen molar-refractivity contribution in [2.45, 2.75) is 110 Å². The van der Waals surface area contributed by atoms with Gasteiger partial charge >= 0.3 is 11.9 Å². The summed E-state index contributed by atoms with van der Waals surface area (Å²) in [5.74, 6) is -0.626. The monoisotopic (exact) mass is 609 g/mol. The summed E-state index contributed by atoms with van der Waals surface area (Å²) < 4.78 is 35.4. The van der Waals surface area contributed by atoms with Gasteiger partial charge in [-0.25, -0.2) is 24.7 Å². The second kappa shape index (κ2) is 15.7. The first kappa shape index (κ1) is 33.9. The van der Waals surface area contributed by atoms with E-state index in [9.17, 15) is 14.2 Å². The number of hydrogen-bond acceptors (Lipinski definition) is 10. The minimum atomic E-state index is -3.65. The van der Waals surface area contributed by atoms with E-state index in [1.165, 1.54) is 6.33 Å². The Morgan fingerprint density at radius 1 is 1.12 bits per heavy atom. The van der Waals surface area contributed by atoms with Crippen molar-refractivity contribution >= 4 is 36.4 Å². The zero-order valence-electron chi connectivity index (χ0n) is 25.7. The van der Waals surface area contributed by atoms with Gasteiger partial charge in [0.05, 0.1) is 32.2 Å². The first-order chi connectivity index (χ1) is 20.0. The van der Waals surface area contributed by atoms with Gasteiger partial charge in [-0.3, -0.25) is 14.2 Å². The maximum absolute atomic E-state index is 14.8. The second-order valence-corrected chi connectivity index (χ2v) is 13.8. The fraction of sp³-hybridized carbons (Fsp3) is 0.750. The highest BCUT2D eigenvalue weighted by Gasteiger charge is 2.47. The van der Waals surface area contributed by atoms with Crippen LogP contribution in [0.5, 0.6) is 0 Å². The van der Waals surface area contributed by atoms with Gasteiger partial charge in [0.25, 0.3) is 0 Å². The zero-order chi connectivity index (χ0) is 30.8. The predicted octanol–water partition coefficient (Wildman–Crippen LogP) is 4.26. The molecule has 42 heavy (non-hydrogen) atoms. The van der Waals surface area contributed by atoms with Gasteiger partial charge in [0.1, 0.15) is 29.8 Å². The largest absolute Gasteiger partial charge is 0.465 e. The SMILES string of the molecule is CCCCCOC(=O)[C@H]1CCCN1P(=O)(CO[C@H](C)Cn1cnc2c(N)ncnc21)NC(C)(C)C(=O)OCCCCC. The van der Waals surface area contributed by atoms with Crippen LogP contribution in [0.1, 0.15) is 86.0 Å². The number of nitrogens with zero attached hydrogens (tertiary/aromatic N) is 5. The smallest absolute Gasteiger partial charge is 0.326 e. The maximum Gasteiger partial charge on any atom is 0.326 e. The molecule has 1 aliphatic heterocycles. The van der Waals surface area contributed by atoms with Crippen LogP contribution >= 0.6 is 7.44 Å². The Kier molecular flexibility index (Phi) is 12.7. The highest BCUT2D eigenvalue weighted by molar-refractivity contribution is 7.59. The quantitative estimate of drug-likeness (QED) is 0.140. The number of esters is 2. The standard InChI is InChI=1S/C28H48N7O6P/c1-6-8-10-15-39-26(36)22-13-12-14-35(22)42(38,33-28(4,5)27(37)40-16-11-9-7-2)20-41-21(3)17-34-19-32-23-24(29)30-18-31-25(23)34/h18-19,21-22H,6-17,20H2,1-5H3,(H,33,38)(H2,29,30,31)/t21-,22-,42?/m1/s1. The Hall–Kier alpha value is -2.60. The number of unbranched alkanes of at least 4 members (excludes halogenated alkanes) is 4. The van der Waals surface area contributed by atoms with Crippen molar-refractivity contribution in [2.24, 2.45) is 0 Å². The average molecular weight is 610 g/mol. The highest BCUT2D eigenvalue weighted by Crippen LogP contribution is 2.52. The third-order valence-corrected chi connectivity index (χ3v) is 9.98. The average Bonchev–Trinajstić information content (AvgIpc) is 3.61. The lowest BCUT2D eigenvalue weighted by molar-refractivity contribution is -0.149. The van der Waals surface area contributed by atoms with Crippen LogP contribution in [0.3, 0.4) is 0 Å². The summed E-state index contributed by atoms with van der Waals surface area (Å²) in [7, 11) is -3.65. The normalized spacial score (nSPS) is 18.2. The van der Waals surface area contributed by atoms with Crippen molar-refractivity contribution in [3.05, 3.63) is 12.7 Å². The summed E-state index contributed by atoms with van der Waals surface area (Å²) in [5, 5.41) is 3.08. The van der Waals surface area contributed by atoms with Crippen molar-refractivity contribution in [3.8, 4) is 0 Å². The van der Waals surface area contributed by atoms with Crippen molar-refractivity contribution in [3.63, 3.8) is 0 Å². The third-order valence-electron chi connectivity index (χ3n) is 7.27. The molecule has 14 heteroatoms. The summed E-state index contributed by atoms with van der Waals surface area (Å²) in [6.07, 6.45) is 8.98. The van der Waals surface area contributed by atoms with Gasteiger partial charge in [0, 0.05) is 6.54 Å². The number of imidazole rings is 1. The lowest BCUT2D eigenvalue weighted by Crippen LogP contribution is -2.51. The fourth-order valence-electron chi connectivity index (χ4n) is 4.94. The molecule has 3 N–H and O–H groups in total. The Balaban J connectivity index is 1.76. The summed E-state index contributed by atoms with van der Waals surface area (Å²) in [5.41, 5.74) is 5.68. The molecule has 1 fully saturated rings. The van der Waals surface area contributed by atoms with Gasteiger partial charge in [-0.2, -0.15) is 0 Å². The van der Waals surface area contributed by atoms with E-state index in [0.717, 1.165) is 38.5 Å². The number of carbonyl (C=O) groups is 2. The van der Waals surface area contributed by atoms with Crippen LogP contribution in [0, 0.1) is 0 Å². The number of aromatic nitrogens is 4. The van der Waals surface area contributed by atoms with E-state index in [-0.39, 0.29) is 12.2 Å². The number of anilines is 1. The molecule has 0 aliphatic carbocycles. The Bertz CT molecular complexity index is 1220. The number of nitrogens with one attached hydrogen (secondary N) is 1. The molecule has 0 bridgehead atoms. The van der Waals surface area contributed by atoms with Crippen LogP contribution < -0.4 is 10.8 Å². The molecule has 3 atom stereocenters. The molecule has 3 rings (SSSR count). The van der Waals surface area contributed by atoms with Gasteiger partial charge in [0.15, 0.2) is 11.5 Å². The van der Waals surface area contributed by atoms with E-state index in [1.54, 1.807) is 29.4 Å². The molecule has 0 amide bonds. The number of fused-ring (bicyclic) bond motifs is 1. The number of rotatable bonds is 18. The van der Waals surface area contributed by atoms with E-state index in [1.807, 2.05) is 6.92 Å². The van der Waals surface area contributed by atoms with Crippen molar-refractivity contribution < 1.29 is 28.4 Å². The lowest BCUT2D eigenvalue weighted by atomic mass is 10.1. The summed E-state index contributed by atoms with van der Waals surface area (Å²) in [6.45, 7) is 10.7. The molecule has 1 aliphatic rings. The lowest BCUT2D eigenvalue weighted by Gasteiger charge is -2.37. The molecule has 0 radical (unpaired) electrons. The van der Waals surface area contributed by atoms with Crippen molar-refractivity contribution in [1.29, 1.82) is 0 Å². The molecule has 0 aromatic carbocycles. The number of nitrogens with two attached hydrogens (primary N) is 1. The van der Waals surface area contributed by atoms with E-state index in [4.69, 9.17) is 19.9 Å². The summed E-state index contributed by atoms with van der Waals surface area (Å²) in [6, 6.07) is -0.697. The Morgan fingerprint density at radius 3 is 2.50 bits per heavy atom. The molecular weight excluding hydrogens is 561 g/mol. The van der Waals surface area contributed by atoms with Gasteiger partial charge < -0.3 is 24.5 Å². The number of hydrogen-bond donors (Lipinski definition) is 2. The molecule has 0 spiro atoms. The highest BCUT2D eigenvalue weighted by atomic mass is 31.2. The molecule has 13 nitrogen and oxygen atoms in total. The van der Waals surface area contributed by atoms with Crippen LogP contribution in [0.4, 0.5) is 5.82 Å². The Morgan fingerprint density at radius 2 is 1.81 bits per heavy atom. The van der Waals surface area contributed by atoms with Crippen LogP contribution in [0.25, 0.3) is 11.2 Å². The first-order valence-electron chi connectivity index (χ1n) is 15.0. The minimum absolute atomic E-state index is 0.232. The van der Waals surface area contributed by atoms with Gasteiger partial charge in [-0.15, -0.1) is 0 Å². The fourth-order valence-corrected chi connectivity index (χ4v) is 7.83. The molecule has 0 saturated carbocycles. The molecule has 236 valence electrons. The van der Waals surface area contributed by atoms with Crippen LogP contribution in [0.2, 0.25) is 0 Å². The molecular formula is C28H48N7O6P. The van der Waals surface area contributed by atoms with Crippen molar-refractivity contribution in [1.82, 2.24) is 29.3 Å². The second-order valence-electron chi connectivity index (χ2n) is 11.4. The molecule has 1 unspecified atom stereocenters. The number of ether oxygens (including phenoxy) is 3. The van der Waals surface area contributed by atoms with Gasteiger partial charge in [-0.05, 0) is 46.5 Å². The van der Waals surface area contributed by atoms with E-state index in [0.29, 0.717) is 50.3 Å². The minimum Gasteiger partial charge on any atom is -0.465 e. The molecule has 2 aromatic rings. The van der Waals surface area contributed by atoms with Gasteiger partial charge in [-0.1, -0.05) is 39.5 Å². The Labute approximate surface area is 248 Å². The molecule has 3 heterocycles. The van der Waals surface area contributed by atoms with Crippen LogP contribution in [-0.4, -0.2) is 79.9 Å². The van der Waals surface area contributed by atoms with Gasteiger partial charge in [0.2, 0.25) is 7.44 Å². The number of carbonyl (C=O) groups excluding carboxylic acids is 2. The van der Waals surface area contributed by atoms with Crippen molar-refractivity contribution in [2.75, 3.05) is 31.8 Å². The topological polar surface area (TPSA) is 164 Å². The first-order valence-corrected chi connectivity index (χ1v) is 16.9. The van der Waals surface area contributed by atoms with Crippen LogP contribution in [0.15, 0.2) is 12.7 Å². The zero-order valence-corrected chi connectivity index (χ0v) is 26.6. The van der Waals surface area contributed by atoms with E-state index >= 15 is 0 Å². The molecule has 2 aromatic heterocycles.